The van der Waals surface area contributed by atoms with E-state index in [1.165, 1.54) is 25.7 Å². The molecular formula is C20H28N2OS. The number of aromatic nitrogens is 2. The first kappa shape index (κ1) is 18.7. The maximum atomic E-state index is 6.09. The second kappa shape index (κ2) is 11.0. The highest BCUT2D eigenvalue weighted by atomic mass is 32.2. The summed E-state index contributed by atoms with van der Waals surface area (Å²) in [5.41, 5.74) is 2.23. The van der Waals surface area contributed by atoms with Gasteiger partial charge in [-0.05, 0) is 29.7 Å². The molecule has 0 bridgehead atoms. The minimum atomic E-state index is 0.777. The Morgan fingerprint density at radius 1 is 1.17 bits per heavy atom. The Morgan fingerprint density at radius 2 is 2.00 bits per heavy atom. The highest BCUT2D eigenvalue weighted by Gasteiger charge is 2.10. The highest BCUT2D eigenvalue weighted by molar-refractivity contribution is 8.02. The first-order valence-electron chi connectivity index (χ1n) is 8.89. The van der Waals surface area contributed by atoms with E-state index in [9.17, 15) is 0 Å². The van der Waals surface area contributed by atoms with E-state index in [4.69, 9.17) is 4.74 Å². The Hall–Kier alpha value is -1.68. The maximum Gasteiger partial charge on any atom is 0.128 e. The molecule has 4 heteroatoms. The third-order valence-corrected chi connectivity index (χ3v) is 4.54. The first-order chi connectivity index (χ1) is 11.9. The highest BCUT2D eigenvalue weighted by Crippen LogP contribution is 2.29. The SMILES string of the molecule is CCCCCCCOc1ccccc1/C(=C\SCC)n1ccnc1. The molecule has 0 saturated carbocycles. The number of benzene rings is 1. The molecule has 0 unspecified atom stereocenters. The summed E-state index contributed by atoms with van der Waals surface area (Å²) in [5, 5.41) is 2.19. The predicted octanol–water partition coefficient (Wildman–Crippen LogP) is 5.83. The van der Waals surface area contributed by atoms with Crippen LogP contribution in [0.3, 0.4) is 0 Å². The smallest absolute Gasteiger partial charge is 0.128 e. The number of hydrogen-bond acceptors (Lipinski definition) is 3. The van der Waals surface area contributed by atoms with E-state index < -0.39 is 0 Å². The number of rotatable bonds is 11. The summed E-state index contributed by atoms with van der Waals surface area (Å²) in [6.45, 7) is 5.18. The number of unbranched alkanes of at least 4 members (excludes halogenated alkanes) is 4. The van der Waals surface area contributed by atoms with Gasteiger partial charge in [0.15, 0.2) is 0 Å². The first-order valence-corrected chi connectivity index (χ1v) is 9.94. The van der Waals surface area contributed by atoms with Crippen LogP contribution in [0.25, 0.3) is 5.70 Å². The van der Waals surface area contributed by atoms with Crippen molar-refractivity contribution in [1.82, 2.24) is 9.55 Å². The molecule has 1 aromatic heterocycles. The minimum Gasteiger partial charge on any atom is -0.493 e. The second-order valence-electron chi connectivity index (χ2n) is 5.69. The molecular weight excluding hydrogens is 316 g/mol. The molecule has 2 aromatic rings. The van der Waals surface area contributed by atoms with Crippen LogP contribution in [0.1, 0.15) is 51.5 Å². The van der Waals surface area contributed by atoms with Gasteiger partial charge in [0.1, 0.15) is 5.75 Å². The standard InChI is InChI=1S/C20H28N2OS/c1-3-5-6-7-10-15-23-20-12-9-8-11-18(20)19(16-24-4-2)22-14-13-21-17-22/h8-9,11-14,16-17H,3-7,10,15H2,1-2H3/b19-16+. The molecule has 0 aliphatic heterocycles. The molecule has 130 valence electrons. The Balaban J connectivity index is 2.08. The maximum absolute atomic E-state index is 6.09. The van der Waals surface area contributed by atoms with Crippen LogP contribution in [0.5, 0.6) is 5.75 Å². The molecule has 24 heavy (non-hydrogen) atoms. The molecule has 0 radical (unpaired) electrons. The van der Waals surface area contributed by atoms with Crippen molar-refractivity contribution < 1.29 is 4.74 Å². The van der Waals surface area contributed by atoms with Crippen molar-refractivity contribution in [2.45, 2.75) is 46.0 Å². The average Bonchev–Trinajstić information content (AvgIpc) is 3.14. The van der Waals surface area contributed by atoms with Gasteiger partial charge in [-0.25, -0.2) is 4.98 Å². The van der Waals surface area contributed by atoms with Crippen molar-refractivity contribution in [3.8, 4) is 5.75 Å². The zero-order valence-electron chi connectivity index (χ0n) is 14.8. The molecule has 0 spiro atoms. The van der Waals surface area contributed by atoms with Gasteiger partial charge in [-0.2, -0.15) is 0 Å². The number of imidazole rings is 1. The van der Waals surface area contributed by atoms with Crippen LogP contribution in [-0.2, 0) is 0 Å². The van der Waals surface area contributed by atoms with Crippen LogP contribution in [0.2, 0.25) is 0 Å². The summed E-state index contributed by atoms with van der Waals surface area (Å²) < 4.78 is 8.14. The lowest BCUT2D eigenvalue weighted by atomic mass is 10.1. The van der Waals surface area contributed by atoms with Crippen LogP contribution in [-0.4, -0.2) is 21.9 Å². The molecule has 1 heterocycles. The van der Waals surface area contributed by atoms with Crippen molar-refractivity contribution >= 4 is 17.5 Å². The Kier molecular flexibility index (Phi) is 8.53. The Labute approximate surface area is 150 Å². The normalized spacial score (nSPS) is 11.7. The fraction of sp³-hybridized carbons (Fsp3) is 0.450. The largest absolute Gasteiger partial charge is 0.493 e. The predicted molar refractivity (Wildman–Crippen MR) is 104 cm³/mol. The van der Waals surface area contributed by atoms with Crippen LogP contribution >= 0.6 is 11.8 Å². The summed E-state index contributed by atoms with van der Waals surface area (Å²) >= 11 is 1.79. The van der Waals surface area contributed by atoms with E-state index in [-0.39, 0.29) is 0 Å². The number of thioether (sulfide) groups is 1. The fourth-order valence-electron chi connectivity index (χ4n) is 2.52. The van der Waals surface area contributed by atoms with E-state index >= 15 is 0 Å². The van der Waals surface area contributed by atoms with Gasteiger partial charge < -0.3 is 9.30 Å². The molecule has 0 atom stereocenters. The third-order valence-electron chi connectivity index (χ3n) is 3.81. The number of ether oxygens (including phenoxy) is 1. The quantitative estimate of drug-likeness (QED) is 0.480. The number of para-hydroxylation sites is 1. The Bertz CT molecular complexity index is 608. The zero-order chi connectivity index (χ0) is 17.0. The fourth-order valence-corrected chi connectivity index (χ4v) is 3.09. The van der Waals surface area contributed by atoms with Gasteiger partial charge in [-0.3, -0.25) is 0 Å². The van der Waals surface area contributed by atoms with Crippen molar-refractivity contribution in [2.24, 2.45) is 0 Å². The van der Waals surface area contributed by atoms with Gasteiger partial charge in [-0.15, -0.1) is 11.8 Å². The molecule has 0 saturated heterocycles. The van der Waals surface area contributed by atoms with E-state index in [0.717, 1.165) is 35.8 Å². The lowest BCUT2D eigenvalue weighted by molar-refractivity contribution is 0.303. The average molecular weight is 345 g/mol. The van der Waals surface area contributed by atoms with E-state index in [2.05, 4.69) is 42.4 Å². The van der Waals surface area contributed by atoms with E-state index in [0.29, 0.717) is 0 Å². The topological polar surface area (TPSA) is 27.1 Å². The van der Waals surface area contributed by atoms with Crippen LogP contribution in [0.15, 0.2) is 48.4 Å². The Morgan fingerprint density at radius 3 is 2.75 bits per heavy atom. The van der Waals surface area contributed by atoms with Crippen molar-refractivity contribution in [2.75, 3.05) is 12.4 Å². The second-order valence-corrected chi connectivity index (χ2v) is 6.83. The lowest BCUT2D eigenvalue weighted by Crippen LogP contribution is -2.03. The molecule has 0 fully saturated rings. The van der Waals surface area contributed by atoms with Gasteiger partial charge >= 0.3 is 0 Å². The third kappa shape index (κ3) is 5.75. The van der Waals surface area contributed by atoms with Crippen LogP contribution in [0, 0.1) is 0 Å². The molecule has 0 aliphatic carbocycles. The molecule has 0 N–H and O–H groups in total. The van der Waals surface area contributed by atoms with Crippen molar-refractivity contribution in [3.63, 3.8) is 0 Å². The molecule has 0 amide bonds. The monoisotopic (exact) mass is 344 g/mol. The summed E-state index contributed by atoms with van der Waals surface area (Å²) in [6, 6.07) is 8.27. The summed E-state index contributed by atoms with van der Waals surface area (Å²) in [4.78, 5) is 4.18. The minimum absolute atomic E-state index is 0.777. The number of nitrogens with zero attached hydrogens (tertiary/aromatic N) is 2. The van der Waals surface area contributed by atoms with Gasteiger partial charge in [0.25, 0.3) is 0 Å². The van der Waals surface area contributed by atoms with Gasteiger partial charge in [-0.1, -0.05) is 51.7 Å². The number of hydrogen-bond donors (Lipinski definition) is 0. The van der Waals surface area contributed by atoms with Crippen molar-refractivity contribution in [3.05, 3.63) is 54.0 Å². The molecule has 0 aliphatic rings. The zero-order valence-corrected chi connectivity index (χ0v) is 15.6. The molecule has 2 rings (SSSR count). The van der Waals surface area contributed by atoms with E-state index in [1.54, 1.807) is 11.8 Å². The van der Waals surface area contributed by atoms with Gasteiger partial charge in [0, 0.05) is 18.0 Å². The van der Waals surface area contributed by atoms with Crippen LogP contribution < -0.4 is 4.74 Å². The lowest BCUT2D eigenvalue weighted by Gasteiger charge is -2.15. The molecule has 3 nitrogen and oxygen atoms in total. The van der Waals surface area contributed by atoms with Crippen LogP contribution in [0.4, 0.5) is 0 Å². The van der Waals surface area contributed by atoms with Crippen molar-refractivity contribution in [1.29, 1.82) is 0 Å². The van der Waals surface area contributed by atoms with Gasteiger partial charge in [0.05, 0.1) is 18.6 Å². The van der Waals surface area contributed by atoms with E-state index in [1.807, 2.05) is 29.4 Å². The summed E-state index contributed by atoms with van der Waals surface area (Å²) in [5.74, 6) is 1.99. The molecule has 1 aromatic carbocycles. The summed E-state index contributed by atoms with van der Waals surface area (Å²) in [6.07, 6.45) is 11.9. The van der Waals surface area contributed by atoms with Gasteiger partial charge in [0.2, 0.25) is 0 Å². The summed E-state index contributed by atoms with van der Waals surface area (Å²) in [7, 11) is 0.